The molecule has 0 atom stereocenters. The Labute approximate surface area is 221 Å². The van der Waals surface area contributed by atoms with Crippen LogP contribution in [0.3, 0.4) is 0 Å². The van der Waals surface area contributed by atoms with E-state index in [1.54, 1.807) is 16.6 Å². The monoisotopic (exact) mass is 537 g/mol. The molecule has 38 heavy (non-hydrogen) atoms. The van der Waals surface area contributed by atoms with E-state index in [1.165, 1.54) is 13.4 Å². The Kier molecular flexibility index (Phi) is 5.65. The van der Waals surface area contributed by atoms with Gasteiger partial charge in [-0.3, -0.25) is 4.68 Å². The van der Waals surface area contributed by atoms with Crippen LogP contribution in [-0.2, 0) is 28.2 Å². The fraction of sp³-hybridized carbons (Fsp3) is 0.423. The molecule has 200 valence electrons. The molecular weight excluding hydrogens is 506 g/mol. The van der Waals surface area contributed by atoms with Gasteiger partial charge < -0.3 is 19.7 Å². The molecule has 2 aliphatic rings. The van der Waals surface area contributed by atoms with Crippen molar-refractivity contribution in [1.29, 1.82) is 0 Å². The van der Waals surface area contributed by atoms with E-state index in [2.05, 4.69) is 15.3 Å². The van der Waals surface area contributed by atoms with Crippen LogP contribution in [0, 0.1) is 19.3 Å². The zero-order valence-electron chi connectivity index (χ0n) is 22.1. The first-order valence-electron chi connectivity index (χ1n) is 12.4. The van der Waals surface area contributed by atoms with Crippen molar-refractivity contribution in [2.24, 2.45) is 12.5 Å². The minimum absolute atomic E-state index is 0.131. The van der Waals surface area contributed by atoms with Gasteiger partial charge in [0.05, 0.1) is 49.4 Å². The molecule has 12 heteroatoms. The van der Waals surface area contributed by atoms with E-state index >= 15 is 0 Å². The third kappa shape index (κ3) is 4.08. The Hall–Kier alpha value is -3.64. The van der Waals surface area contributed by atoms with E-state index in [-0.39, 0.29) is 10.3 Å². The molecule has 2 fully saturated rings. The molecule has 11 nitrogen and oxygen atoms in total. The molecule has 0 bridgehead atoms. The summed E-state index contributed by atoms with van der Waals surface area (Å²) in [6.07, 6.45) is 1.18. The van der Waals surface area contributed by atoms with Crippen LogP contribution in [0.1, 0.15) is 17.1 Å². The second-order valence-electron chi connectivity index (χ2n) is 10.4. The summed E-state index contributed by atoms with van der Waals surface area (Å²) in [4.78, 5) is 7.42. The number of rotatable bonds is 7. The van der Waals surface area contributed by atoms with Crippen molar-refractivity contribution in [2.75, 3.05) is 49.9 Å². The number of aryl methyl sites for hydroxylation is 3. The fourth-order valence-corrected chi connectivity index (χ4v) is 6.23. The van der Waals surface area contributed by atoms with Crippen molar-refractivity contribution in [3.63, 3.8) is 0 Å². The highest BCUT2D eigenvalue weighted by Crippen LogP contribution is 2.41. The lowest BCUT2D eigenvalue weighted by atomic mass is 9.78. The molecule has 1 spiro atoms. The highest BCUT2D eigenvalue weighted by Gasteiger charge is 2.49. The second-order valence-corrected chi connectivity index (χ2v) is 12.4. The smallest absolute Gasteiger partial charge is 0.179 e. The second kappa shape index (κ2) is 8.70. The molecule has 3 aromatic heterocycles. The molecule has 0 saturated carbocycles. The number of nitrogens with zero attached hydrogens (tertiary/aromatic N) is 6. The van der Waals surface area contributed by atoms with E-state index in [0.717, 1.165) is 60.6 Å². The lowest BCUT2D eigenvalue weighted by molar-refractivity contribution is -0.127. The van der Waals surface area contributed by atoms with E-state index in [4.69, 9.17) is 19.6 Å². The van der Waals surface area contributed by atoms with Gasteiger partial charge in [-0.15, -0.1) is 0 Å². The maximum absolute atomic E-state index is 12.5. The predicted molar refractivity (Wildman–Crippen MR) is 144 cm³/mol. The average Bonchev–Trinajstić information content (AvgIpc) is 3.31. The zero-order chi connectivity index (χ0) is 26.8. The van der Waals surface area contributed by atoms with Crippen molar-refractivity contribution < 1.29 is 17.9 Å². The Morgan fingerprint density at radius 2 is 1.89 bits per heavy atom. The number of hydrogen-bond donors (Lipinski definition) is 1. The van der Waals surface area contributed by atoms with Gasteiger partial charge in [-0.2, -0.15) is 14.7 Å². The lowest BCUT2D eigenvalue weighted by Gasteiger charge is -2.55. The standard InChI is InChI=1S/C26H31N7O4S/c1-16-8-19(31(3)29-16)11-27-22-10-23(32-12-26(13-32)14-37-15-26)28-25-24(17(2)30-33(22)25)18-6-7-20(36-4)21(9-18)38(5,34)35/h6-10,27H,11-15H2,1-5H3. The van der Waals surface area contributed by atoms with Crippen LogP contribution in [-0.4, -0.2) is 72.5 Å². The summed E-state index contributed by atoms with van der Waals surface area (Å²) in [5, 5.41) is 12.8. The quantitative estimate of drug-likeness (QED) is 0.380. The van der Waals surface area contributed by atoms with Crippen molar-refractivity contribution >= 4 is 27.1 Å². The largest absolute Gasteiger partial charge is 0.495 e. The summed E-state index contributed by atoms with van der Waals surface area (Å²) >= 11 is 0. The predicted octanol–water partition coefficient (Wildman–Crippen LogP) is 2.61. The van der Waals surface area contributed by atoms with E-state index < -0.39 is 9.84 Å². The van der Waals surface area contributed by atoms with Gasteiger partial charge in [0.15, 0.2) is 15.5 Å². The number of anilines is 2. The first-order chi connectivity index (χ1) is 18.1. The van der Waals surface area contributed by atoms with Gasteiger partial charge >= 0.3 is 0 Å². The Morgan fingerprint density at radius 3 is 2.50 bits per heavy atom. The Morgan fingerprint density at radius 1 is 1.13 bits per heavy atom. The first kappa shape index (κ1) is 24.7. The van der Waals surface area contributed by atoms with Crippen molar-refractivity contribution in [2.45, 2.75) is 25.3 Å². The van der Waals surface area contributed by atoms with Gasteiger partial charge in [-0.1, -0.05) is 6.07 Å². The SMILES string of the molecule is COc1ccc(-c2c(C)nn3c(NCc4cc(C)nn4C)cc(N4CC5(COC5)C4)nc23)cc1S(C)(=O)=O. The van der Waals surface area contributed by atoms with Gasteiger partial charge in [0, 0.05) is 38.0 Å². The average molecular weight is 538 g/mol. The summed E-state index contributed by atoms with van der Waals surface area (Å²) in [5.74, 6) is 1.94. The molecule has 2 saturated heterocycles. The molecule has 5 heterocycles. The number of fused-ring (bicyclic) bond motifs is 1. The van der Waals surface area contributed by atoms with Crippen molar-refractivity contribution in [3.8, 4) is 16.9 Å². The van der Waals surface area contributed by atoms with Crippen LogP contribution in [0.4, 0.5) is 11.6 Å². The van der Waals surface area contributed by atoms with Crippen LogP contribution in [0.5, 0.6) is 5.75 Å². The number of ether oxygens (including phenoxy) is 2. The Bertz CT molecular complexity index is 1660. The third-order valence-electron chi connectivity index (χ3n) is 7.34. The minimum atomic E-state index is -3.51. The number of hydrogen-bond acceptors (Lipinski definition) is 9. The van der Waals surface area contributed by atoms with Crippen LogP contribution in [0.15, 0.2) is 35.2 Å². The highest BCUT2D eigenvalue weighted by atomic mass is 32.2. The molecule has 0 radical (unpaired) electrons. The molecule has 0 aliphatic carbocycles. The summed E-state index contributed by atoms with van der Waals surface area (Å²) in [6, 6.07) is 9.24. The number of methoxy groups -OCH3 is 1. The van der Waals surface area contributed by atoms with Crippen molar-refractivity contribution in [1.82, 2.24) is 24.4 Å². The fourth-order valence-electron chi connectivity index (χ4n) is 5.37. The molecular formula is C26H31N7O4S. The number of aromatic nitrogens is 5. The van der Waals surface area contributed by atoms with Crippen LogP contribution in [0.25, 0.3) is 16.8 Å². The molecule has 0 unspecified atom stereocenters. The minimum Gasteiger partial charge on any atom is -0.495 e. The van der Waals surface area contributed by atoms with Gasteiger partial charge in [-0.25, -0.2) is 13.4 Å². The van der Waals surface area contributed by atoms with Crippen LogP contribution < -0.4 is 15.0 Å². The molecule has 1 N–H and O–H groups in total. The molecule has 2 aliphatic heterocycles. The first-order valence-corrected chi connectivity index (χ1v) is 14.3. The normalized spacial score (nSPS) is 16.5. The van der Waals surface area contributed by atoms with E-state index in [1.807, 2.05) is 43.8 Å². The number of sulfone groups is 1. The lowest BCUT2D eigenvalue weighted by Crippen LogP contribution is -2.66. The van der Waals surface area contributed by atoms with Gasteiger partial charge in [0.1, 0.15) is 22.3 Å². The maximum atomic E-state index is 12.5. The van der Waals surface area contributed by atoms with Gasteiger partial charge in [0.2, 0.25) is 0 Å². The van der Waals surface area contributed by atoms with E-state index in [9.17, 15) is 8.42 Å². The maximum Gasteiger partial charge on any atom is 0.179 e. The van der Waals surface area contributed by atoms with Gasteiger partial charge in [0.25, 0.3) is 0 Å². The summed E-state index contributed by atoms with van der Waals surface area (Å²) in [7, 11) is -0.121. The van der Waals surface area contributed by atoms with Crippen LogP contribution in [0.2, 0.25) is 0 Å². The number of benzene rings is 1. The zero-order valence-corrected chi connectivity index (χ0v) is 23.0. The number of nitrogens with one attached hydrogen (secondary N) is 1. The topological polar surface area (TPSA) is 116 Å². The highest BCUT2D eigenvalue weighted by molar-refractivity contribution is 7.90. The molecule has 1 aromatic carbocycles. The molecule has 6 rings (SSSR count). The van der Waals surface area contributed by atoms with E-state index in [0.29, 0.717) is 23.5 Å². The van der Waals surface area contributed by atoms with Crippen molar-refractivity contribution in [3.05, 3.63) is 47.4 Å². The van der Waals surface area contributed by atoms with Crippen LogP contribution >= 0.6 is 0 Å². The van der Waals surface area contributed by atoms with Gasteiger partial charge in [-0.05, 0) is 37.6 Å². The summed E-state index contributed by atoms with van der Waals surface area (Å²) in [6.45, 7) is 7.79. The molecule has 0 amide bonds. The summed E-state index contributed by atoms with van der Waals surface area (Å²) in [5.41, 5.74) is 5.11. The summed E-state index contributed by atoms with van der Waals surface area (Å²) < 4.78 is 39.5. The molecule has 4 aromatic rings. The third-order valence-corrected chi connectivity index (χ3v) is 8.46. The Balaban J connectivity index is 1.47.